The first-order valence-corrected chi connectivity index (χ1v) is 13.8. The van der Waals surface area contributed by atoms with Crippen LogP contribution in [0, 0.1) is 0 Å². The lowest BCUT2D eigenvalue weighted by molar-refractivity contribution is -0.671. The van der Waals surface area contributed by atoms with Crippen LogP contribution in [0.15, 0.2) is 18.7 Å². The maximum absolute atomic E-state index is 10.1. The second kappa shape index (κ2) is 21.0. The first-order valence-electron chi connectivity index (χ1n) is 12.5. The number of rotatable bonds is 19. The van der Waals surface area contributed by atoms with Crippen LogP contribution >= 0.6 is 0 Å². The van der Waals surface area contributed by atoms with Crippen LogP contribution in [0.3, 0.4) is 0 Å². The van der Waals surface area contributed by atoms with Crippen LogP contribution < -0.4 is 4.57 Å². The summed E-state index contributed by atoms with van der Waals surface area (Å²) in [6.45, 7) is 5.68. The molecule has 0 saturated heterocycles. The molecule has 0 bridgehead atoms. The molecule has 0 aliphatic carbocycles. The van der Waals surface area contributed by atoms with Gasteiger partial charge in [0.1, 0.15) is 12.4 Å². The minimum atomic E-state index is -4.48. The molecule has 0 radical (unpaired) electrons. The van der Waals surface area contributed by atoms with E-state index in [1.54, 1.807) is 0 Å². The summed E-state index contributed by atoms with van der Waals surface area (Å²) >= 11 is 0. The van der Waals surface area contributed by atoms with Crippen molar-refractivity contribution in [3.63, 3.8) is 0 Å². The summed E-state index contributed by atoms with van der Waals surface area (Å²) in [5.41, 5.74) is 0. The highest BCUT2D eigenvalue weighted by Crippen LogP contribution is 2.10. The Labute approximate surface area is 192 Å². The highest BCUT2D eigenvalue weighted by atomic mass is 32.3. The lowest BCUT2D eigenvalue weighted by Gasteiger charge is -2.06. The molecule has 0 amide bonds. The van der Waals surface area contributed by atoms with Crippen LogP contribution in [0.1, 0.15) is 117 Å². The highest BCUT2D eigenvalue weighted by Gasteiger charge is 1.99. The maximum Gasteiger partial charge on any atom is 0.243 e. The molecule has 6 nitrogen and oxygen atoms in total. The summed E-state index contributed by atoms with van der Waals surface area (Å²) in [4.78, 5) is 0. The summed E-state index contributed by atoms with van der Waals surface area (Å²) in [6, 6.07) is 0. The van der Waals surface area contributed by atoms with Gasteiger partial charge in [-0.2, -0.15) is 0 Å². The van der Waals surface area contributed by atoms with E-state index in [9.17, 15) is 13.0 Å². The average Bonchev–Trinajstić information content (AvgIpc) is 3.13. The van der Waals surface area contributed by atoms with E-state index in [0.29, 0.717) is 6.42 Å². The predicted molar refractivity (Wildman–Crippen MR) is 126 cm³/mol. The fraction of sp³-hybridized carbons (Fsp3) is 0.875. The van der Waals surface area contributed by atoms with Crippen LogP contribution in [-0.4, -0.2) is 24.1 Å². The molecule has 0 aliphatic rings. The summed E-state index contributed by atoms with van der Waals surface area (Å²) in [6.07, 6.45) is 26.3. The Kier molecular flexibility index (Phi) is 20.3. The molecule has 0 saturated carbocycles. The summed E-state index contributed by atoms with van der Waals surface area (Å²) in [7, 11) is -2.42. The van der Waals surface area contributed by atoms with Gasteiger partial charge in [-0.3, -0.25) is 4.18 Å². The number of hydrogen-bond donors (Lipinski definition) is 0. The van der Waals surface area contributed by atoms with E-state index in [1.807, 2.05) is 0 Å². The van der Waals surface area contributed by atoms with E-state index >= 15 is 0 Å². The normalized spacial score (nSPS) is 11.4. The van der Waals surface area contributed by atoms with Gasteiger partial charge in [0.25, 0.3) is 0 Å². The van der Waals surface area contributed by atoms with Gasteiger partial charge < -0.3 is 4.55 Å². The second-order valence-electron chi connectivity index (χ2n) is 8.50. The minimum Gasteiger partial charge on any atom is -0.726 e. The number of imidazole rings is 1. The van der Waals surface area contributed by atoms with Crippen molar-refractivity contribution in [1.29, 1.82) is 0 Å². The summed E-state index contributed by atoms with van der Waals surface area (Å²) in [5, 5.41) is 0. The monoisotopic (exact) mass is 460 g/mol. The Balaban J connectivity index is 0.000000590. The van der Waals surface area contributed by atoms with Crippen molar-refractivity contribution in [1.82, 2.24) is 4.57 Å². The van der Waals surface area contributed by atoms with E-state index in [2.05, 4.69) is 52.9 Å². The Hall–Kier alpha value is -0.920. The third kappa shape index (κ3) is 23.6. The standard InChI is InChI=1S/C12H23N2.C12H26O4S/c1-3-4-5-6-7-8-9-14-11-10-13(2)12-14;1-2-3-4-5-6-7-8-9-10-11-12-16-17(13,14)15/h10-12H,3-9H2,1-2H3;2-12H2,1H3,(H,13,14,15)/q+1;/p-1. The van der Waals surface area contributed by atoms with Gasteiger partial charge in [0, 0.05) is 0 Å². The Morgan fingerprint density at radius 3 is 1.65 bits per heavy atom. The number of nitrogens with zero attached hydrogens (tertiary/aromatic N) is 2. The SMILES string of the molecule is CCCCCCCCCCCCOS(=O)(=O)[O-].CCCCCCCCn1cc[n+](C)c1. The molecule has 0 spiro atoms. The smallest absolute Gasteiger partial charge is 0.243 e. The van der Waals surface area contributed by atoms with Crippen LogP contribution in [0.2, 0.25) is 0 Å². The van der Waals surface area contributed by atoms with Crippen molar-refractivity contribution in [2.45, 2.75) is 123 Å². The number of aryl methyl sites for hydroxylation is 2. The number of aromatic nitrogens is 2. The predicted octanol–water partition coefficient (Wildman–Crippen LogP) is 6.06. The van der Waals surface area contributed by atoms with Crippen LogP contribution in [0.4, 0.5) is 0 Å². The average molecular weight is 461 g/mol. The lowest BCUT2D eigenvalue weighted by Crippen LogP contribution is -2.23. The van der Waals surface area contributed by atoms with Gasteiger partial charge in [-0.15, -0.1) is 0 Å². The third-order valence-corrected chi connectivity index (χ3v) is 5.77. The van der Waals surface area contributed by atoms with Gasteiger partial charge in [0.05, 0.1) is 20.2 Å². The molecule has 0 aliphatic heterocycles. The van der Waals surface area contributed by atoms with Gasteiger partial charge in [0.15, 0.2) is 0 Å². The summed E-state index contributed by atoms with van der Waals surface area (Å²) < 4.78 is 38.8. The van der Waals surface area contributed by atoms with E-state index in [-0.39, 0.29) is 6.61 Å². The molecule has 0 fully saturated rings. The van der Waals surface area contributed by atoms with Crippen LogP contribution in [-0.2, 0) is 28.2 Å². The fourth-order valence-corrected chi connectivity index (χ4v) is 3.78. The molecule has 1 heterocycles. The number of hydrogen-bond acceptors (Lipinski definition) is 4. The van der Waals surface area contributed by atoms with E-state index in [1.165, 1.54) is 90.0 Å². The van der Waals surface area contributed by atoms with Crippen molar-refractivity contribution in [2.24, 2.45) is 7.05 Å². The zero-order valence-corrected chi connectivity index (χ0v) is 21.2. The minimum absolute atomic E-state index is 0.0301. The zero-order valence-electron chi connectivity index (χ0n) is 20.4. The highest BCUT2D eigenvalue weighted by molar-refractivity contribution is 7.80. The Morgan fingerprint density at radius 2 is 1.23 bits per heavy atom. The van der Waals surface area contributed by atoms with Crippen molar-refractivity contribution < 1.29 is 21.7 Å². The molecular weight excluding hydrogens is 412 g/mol. The van der Waals surface area contributed by atoms with Crippen LogP contribution in [0.25, 0.3) is 0 Å². The van der Waals surface area contributed by atoms with Crippen molar-refractivity contribution in [2.75, 3.05) is 6.61 Å². The molecule has 0 atom stereocenters. The van der Waals surface area contributed by atoms with Gasteiger partial charge in [-0.25, -0.2) is 17.6 Å². The van der Waals surface area contributed by atoms with Gasteiger partial charge in [-0.1, -0.05) is 97.3 Å². The second-order valence-corrected chi connectivity index (χ2v) is 9.55. The fourth-order valence-electron chi connectivity index (χ4n) is 3.46. The molecule has 0 N–H and O–H groups in total. The molecule has 31 heavy (non-hydrogen) atoms. The summed E-state index contributed by atoms with van der Waals surface area (Å²) in [5.74, 6) is 0. The van der Waals surface area contributed by atoms with Crippen LogP contribution in [0.5, 0.6) is 0 Å². The van der Waals surface area contributed by atoms with E-state index in [0.717, 1.165) is 12.8 Å². The van der Waals surface area contributed by atoms with Gasteiger partial charge in [-0.05, 0) is 19.3 Å². The lowest BCUT2D eigenvalue weighted by atomic mass is 10.1. The molecule has 7 heteroatoms. The molecular formula is C24H48N2O4S. The molecule has 1 rings (SSSR count). The van der Waals surface area contributed by atoms with Gasteiger partial charge in [0.2, 0.25) is 16.7 Å². The third-order valence-electron chi connectivity index (χ3n) is 5.32. The van der Waals surface area contributed by atoms with Crippen molar-refractivity contribution >= 4 is 10.4 Å². The largest absolute Gasteiger partial charge is 0.726 e. The van der Waals surface area contributed by atoms with E-state index in [4.69, 9.17) is 0 Å². The quantitative estimate of drug-likeness (QED) is 0.109. The molecule has 184 valence electrons. The van der Waals surface area contributed by atoms with Crippen molar-refractivity contribution in [3.05, 3.63) is 18.7 Å². The number of unbranched alkanes of at least 4 members (excludes halogenated alkanes) is 14. The van der Waals surface area contributed by atoms with Crippen molar-refractivity contribution in [3.8, 4) is 0 Å². The maximum atomic E-state index is 10.1. The Bertz CT molecular complexity index is 602. The molecule has 0 unspecified atom stereocenters. The molecule has 0 aromatic carbocycles. The molecule has 1 aromatic rings. The molecule has 1 aromatic heterocycles. The Morgan fingerprint density at radius 1 is 0.774 bits per heavy atom. The zero-order chi connectivity index (χ0) is 23.2. The van der Waals surface area contributed by atoms with E-state index < -0.39 is 10.4 Å². The first-order chi connectivity index (χ1) is 14.9. The topological polar surface area (TPSA) is 75.2 Å². The van der Waals surface area contributed by atoms with Gasteiger partial charge >= 0.3 is 0 Å². The first kappa shape index (κ1) is 30.1.